The standard InChI is InChI=1S/C13H12N2O2/c1-9-2-5-11(8-14-9)15-13(17)10-3-6-12(16)7-4-10/h2-8,16H,1H3,(H,15,17). The van der Waals surface area contributed by atoms with Gasteiger partial charge in [0.2, 0.25) is 0 Å². The number of aryl methyl sites for hydroxylation is 1. The molecular formula is C13H12N2O2. The van der Waals surface area contributed by atoms with E-state index in [4.69, 9.17) is 5.11 Å². The van der Waals surface area contributed by atoms with Crippen molar-refractivity contribution in [2.75, 3.05) is 5.32 Å². The van der Waals surface area contributed by atoms with E-state index in [-0.39, 0.29) is 11.7 Å². The second kappa shape index (κ2) is 4.65. The lowest BCUT2D eigenvalue weighted by molar-refractivity contribution is 0.102. The van der Waals surface area contributed by atoms with Crippen molar-refractivity contribution in [3.63, 3.8) is 0 Å². The van der Waals surface area contributed by atoms with Crippen molar-refractivity contribution in [2.45, 2.75) is 6.92 Å². The monoisotopic (exact) mass is 228 g/mol. The van der Waals surface area contributed by atoms with E-state index in [2.05, 4.69) is 10.3 Å². The van der Waals surface area contributed by atoms with Crippen LogP contribution in [-0.2, 0) is 0 Å². The molecule has 0 aliphatic rings. The van der Waals surface area contributed by atoms with E-state index in [1.807, 2.05) is 13.0 Å². The van der Waals surface area contributed by atoms with E-state index in [0.29, 0.717) is 11.3 Å². The van der Waals surface area contributed by atoms with Gasteiger partial charge in [0.05, 0.1) is 11.9 Å². The van der Waals surface area contributed by atoms with Crippen molar-refractivity contribution in [1.29, 1.82) is 0 Å². The molecule has 0 bridgehead atoms. The van der Waals surface area contributed by atoms with Crippen LogP contribution in [0.3, 0.4) is 0 Å². The Bertz CT molecular complexity index is 518. The van der Waals surface area contributed by atoms with Gasteiger partial charge in [-0.25, -0.2) is 0 Å². The molecule has 4 heteroatoms. The van der Waals surface area contributed by atoms with E-state index < -0.39 is 0 Å². The summed E-state index contributed by atoms with van der Waals surface area (Å²) in [6, 6.07) is 9.69. The molecule has 1 amide bonds. The lowest BCUT2D eigenvalue weighted by Crippen LogP contribution is -2.11. The summed E-state index contributed by atoms with van der Waals surface area (Å²) in [5.74, 6) is -0.0887. The summed E-state index contributed by atoms with van der Waals surface area (Å²) >= 11 is 0. The van der Waals surface area contributed by atoms with Crippen molar-refractivity contribution >= 4 is 11.6 Å². The first-order valence-corrected chi connectivity index (χ1v) is 5.18. The number of phenols is 1. The quantitative estimate of drug-likeness (QED) is 0.829. The molecule has 0 saturated carbocycles. The molecule has 1 heterocycles. The minimum Gasteiger partial charge on any atom is -0.508 e. The van der Waals surface area contributed by atoms with E-state index in [1.165, 1.54) is 12.1 Å². The Morgan fingerprint density at radius 3 is 2.47 bits per heavy atom. The van der Waals surface area contributed by atoms with Gasteiger partial charge in [0, 0.05) is 11.3 Å². The van der Waals surface area contributed by atoms with Crippen molar-refractivity contribution in [1.82, 2.24) is 4.98 Å². The van der Waals surface area contributed by atoms with Crippen LogP contribution in [0.5, 0.6) is 5.75 Å². The molecule has 0 spiro atoms. The molecule has 2 aromatic rings. The zero-order chi connectivity index (χ0) is 12.3. The highest BCUT2D eigenvalue weighted by atomic mass is 16.3. The SMILES string of the molecule is Cc1ccc(NC(=O)c2ccc(O)cc2)cn1. The first-order chi connectivity index (χ1) is 8.15. The molecule has 0 unspecified atom stereocenters. The number of hydrogen-bond donors (Lipinski definition) is 2. The van der Waals surface area contributed by atoms with Crippen molar-refractivity contribution < 1.29 is 9.90 Å². The maximum atomic E-state index is 11.8. The van der Waals surface area contributed by atoms with Crippen LogP contribution in [0.25, 0.3) is 0 Å². The third-order valence-corrected chi connectivity index (χ3v) is 2.30. The fraction of sp³-hybridized carbons (Fsp3) is 0.0769. The number of hydrogen-bond acceptors (Lipinski definition) is 3. The van der Waals surface area contributed by atoms with Crippen molar-refractivity contribution in [2.24, 2.45) is 0 Å². The number of anilines is 1. The molecule has 17 heavy (non-hydrogen) atoms. The number of carbonyl (C=O) groups excluding carboxylic acids is 1. The molecule has 4 nitrogen and oxygen atoms in total. The Morgan fingerprint density at radius 1 is 1.18 bits per heavy atom. The van der Waals surface area contributed by atoms with Crippen LogP contribution in [-0.4, -0.2) is 16.0 Å². The molecule has 0 radical (unpaired) electrons. The van der Waals surface area contributed by atoms with Gasteiger partial charge in [-0.15, -0.1) is 0 Å². The zero-order valence-electron chi connectivity index (χ0n) is 9.34. The smallest absolute Gasteiger partial charge is 0.255 e. The predicted octanol–water partition coefficient (Wildman–Crippen LogP) is 2.35. The van der Waals surface area contributed by atoms with Crippen molar-refractivity contribution in [3.05, 3.63) is 53.9 Å². The average Bonchev–Trinajstić information content (AvgIpc) is 2.33. The van der Waals surface area contributed by atoms with Crippen LogP contribution in [0.1, 0.15) is 16.1 Å². The molecule has 1 aromatic carbocycles. The topological polar surface area (TPSA) is 62.2 Å². The third-order valence-electron chi connectivity index (χ3n) is 2.30. The fourth-order valence-electron chi connectivity index (χ4n) is 1.36. The maximum Gasteiger partial charge on any atom is 0.255 e. The Balaban J connectivity index is 2.11. The second-order valence-electron chi connectivity index (χ2n) is 3.69. The number of rotatable bonds is 2. The van der Waals surface area contributed by atoms with Gasteiger partial charge in [0.1, 0.15) is 5.75 Å². The van der Waals surface area contributed by atoms with Gasteiger partial charge in [0.15, 0.2) is 0 Å². The molecule has 86 valence electrons. The van der Waals surface area contributed by atoms with Crippen LogP contribution in [0.2, 0.25) is 0 Å². The summed E-state index contributed by atoms with van der Waals surface area (Å²) in [7, 11) is 0. The van der Waals surface area contributed by atoms with E-state index in [1.54, 1.807) is 24.4 Å². The molecular weight excluding hydrogens is 216 g/mol. The highest BCUT2D eigenvalue weighted by molar-refractivity contribution is 6.04. The van der Waals surface area contributed by atoms with Crippen LogP contribution >= 0.6 is 0 Å². The number of amides is 1. The predicted molar refractivity (Wildman–Crippen MR) is 65.0 cm³/mol. The zero-order valence-corrected chi connectivity index (χ0v) is 9.34. The summed E-state index contributed by atoms with van der Waals surface area (Å²) in [6.45, 7) is 1.88. The van der Waals surface area contributed by atoms with Crippen LogP contribution in [0.4, 0.5) is 5.69 Å². The fourth-order valence-corrected chi connectivity index (χ4v) is 1.36. The largest absolute Gasteiger partial charge is 0.508 e. The van der Waals surface area contributed by atoms with E-state index >= 15 is 0 Å². The normalized spacial score (nSPS) is 9.94. The lowest BCUT2D eigenvalue weighted by atomic mass is 10.2. The minimum atomic E-state index is -0.226. The van der Waals surface area contributed by atoms with Gasteiger partial charge in [-0.05, 0) is 43.3 Å². The molecule has 0 aliphatic carbocycles. The van der Waals surface area contributed by atoms with E-state index in [0.717, 1.165) is 5.69 Å². The third kappa shape index (κ3) is 2.81. The van der Waals surface area contributed by atoms with Crippen molar-refractivity contribution in [3.8, 4) is 5.75 Å². The molecule has 0 saturated heterocycles. The number of aromatic nitrogens is 1. The number of aromatic hydroxyl groups is 1. The molecule has 1 aromatic heterocycles. The molecule has 2 N–H and O–H groups in total. The molecule has 2 rings (SSSR count). The number of benzene rings is 1. The molecule has 0 fully saturated rings. The van der Waals surface area contributed by atoms with Crippen LogP contribution in [0.15, 0.2) is 42.6 Å². The Morgan fingerprint density at radius 2 is 1.88 bits per heavy atom. The number of phenolic OH excluding ortho intramolecular Hbond substituents is 1. The summed E-state index contributed by atoms with van der Waals surface area (Å²) < 4.78 is 0. The Hall–Kier alpha value is -2.36. The highest BCUT2D eigenvalue weighted by Gasteiger charge is 2.05. The number of carbonyl (C=O) groups is 1. The number of pyridine rings is 1. The van der Waals surface area contributed by atoms with Gasteiger partial charge in [0.25, 0.3) is 5.91 Å². The summed E-state index contributed by atoms with van der Waals surface area (Å²) in [4.78, 5) is 15.9. The minimum absolute atomic E-state index is 0.138. The average molecular weight is 228 g/mol. The van der Waals surface area contributed by atoms with Gasteiger partial charge in [-0.2, -0.15) is 0 Å². The lowest BCUT2D eigenvalue weighted by Gasteiger charge is -2.05. The van der Waals surface area contributed by atoms with Gasteiger partial charge >= 0.3 is 0 Å². The first kappa shape index (κ1) is 11.1. The number of nitrogens with zero attached hydrogens (tertiary/aromatic N) is 1. The van der Waals surface area contributed by atoms with E-state index in [9.17, 15) is 4.79 Å². The Labute approximate surface area is 98.9 Å². The van der Waals surface area contributed by atoms with Gasteiger partial charge in [-0.1, -0.05) is 0 Å². The first-order valence-electron chi connectivity index (χ1n) is 5.18. The van der Waals surface area contributed by atoms with Gasteiger partial charge in [-0.3, -0.25) is 9.78 Å². The summed E-state index contributed by atoms with van der Waals surface area (Å²) in [6.07, 6.45) is 1.60. The summed E-state index contributed by atoms with van der Waals surface area (Å²) in [5.41, 5.74) is 2.03. The second-order valence-corrected chi connectivity index (χ2v) is 3.69. The molecule has 0 atom stereocenters. The van der Waals surface area contributed by atoms with Crippen LogP contribution in [0, 0.1) is 6.92 Å². The maximum absolute atomic E-state index is 11.8. The summed E-state index contributed by atoms with van der Waals surface area (Å²) in [5, 5.41) is 11.8. The number of nitrogens with one attached hydrogen (secondary N) is 1. The highest BCUT2D eigenvalue weighted by Crippen LogP contribution is 2.12. The van der Waals surface area contributed by atoms with Crippen LogP contribution < -0.4 is 5.32 Å². The Kier molecular flexibility index (Phi) is 3.05. The molecule has 0 aliphatic heterocycles. The van der Waals surface area contributed by atoms with Gasteiger partial charge < -0.3 is 10.4 Å².